The van der Waals surface area contributed by atoms with Crippen LogP contribution in [0, 0.1) is 0 Å². The molecule has 0 atom stereocenters. The van der Waals surface area contributed by atoms with E-state index in [0.29, 0.717) is 11.3 Å². The van der Waals surface area contributed by atoms with Crippen molar-refractivity contribution in [2.75, 3.05) is 5.32 Å². The van der Waals surface area contributed by atoms with Gasteiger partial charge in [0.15, 0.2) is 5.69 Å². The molecule has 0 aliphatic rings. The zero-order chi connectivity index (χ0) is 17.0. The molecule has 1 aromatic carbocycles. The second-order valence-corrected chi connectivity index (χ2v) is 5.61. The molecule has 2 aromatic rings. The Labute approximate surface area is 131 Å². The van der Waals surface area contributed by atoms with Crippen LogP contribution in [0.3, 0.4) is 0 Å². The minimum Gasteiger partial charge on any atom is -0.444 e. The summed E-state index contributed by atoms with van der Waals surface area (Å²) in [6, 6.07) is 6.44. The standard InChI is InChI=1S/C15H15FN2O5/c1-15(2,3)22-14(20)17-10-6-4-9(5-7-10)12-18-11(8-21-12)13(19)23-16/h4-8H,1-3H3,(H,17,20). The van der Waals surface area contributed by atoms with Crippen molar-refractivity contribution in [2.24, 2.45) is 0 Å². The first-order valence-corrected chi connectivity index (χ1v) is 6.67. The second-order valence-electron chi connectivity index (χ2n) is 5.61. The quantitative estimate of drug-likeness (QED) is 0.926. The number of anilines is 1. The SMILES string of the molecule is CC(C)(C)OC(=O)Nc1ccc(-c2nc(C(=O)OF)co2)cc1. The van der Waals surface area contributed by atoms with E-state index >= 15 is 0 Å². The van der Waals surface area contributed by atoms with E-state index in [1.54, 1.807) is 45.0 Å². The lowest BCUT2D eigenvalue weighted by atomic mass is 10.2. The Kier molecular flexibility index (Phi) is 4.63. The van der Waals surface area contributed by atoms with Gasteiger partial charge in [-0.05, 0) is 45.0 Å². The molecule has 122 valence electrons. The van der Waals surface area contributed by atoms with Gasteiger partial charge in [-0.15, -0.1) is 0 Å². The van der Waals surface area contributed by atoms with Crippen molar-refractivity contribution in [3.63, 3.8) is 0 Å². The zero-order valence-electron chi connectivity index (χ0n) is 12.8. The zero-order valence-corrected chi connectivity index (χ0v) is 12.8. The first kappa shape index (κ1) is 16.5. The van der Waals surface area contributed by atoms with Gasteiger partial charge in [0.05, 0.1) is 0 Å². The average Bonchev–Trinajstić information content (AvgIpc) is 2.95. The van der Waals surface area contributed by atoms with E-state index in [1.165, 1.54) is 0 Å². The van der Waals surface area contributed by atoms with Crippen LogP contribution in [-0.4, -0.2) is 22.6 Å². The molecule has 0 unspecified atom stereocenters. The predicted octanol–water partition coefficient (Wildman–Crippen LogP) is 3.73. The predicted molar refractivity (Wildman–Crippen MR) is 78.3 cm³/mol. The smallest absolute Gasteiger partial charge is 0.412 e. The third-order valence-electron chi connectivity index (χ3n) is 2.56. The number of carbonyl (C=O) groups excluding carboxylic acids is 2. The van der Waals surface area contributed by atoms with Crippen LogP contribution in [0.5, 0.6) is 0 Å². The van der Waals surface area contributed by atoms with Gasteiger partial charge in [-0.1, -0.05) is 0 Å². The first-order chi connectivity index (χ1) is 10.8. The van der Waals surface area contributed by atoms with E-state index < -0.39 is 17.7 Å². The molecule has 1 N–H and O–H groups in total. The molecule has 7 nitrogen and oxygen atoms in total. The molecule has 0 spiro atoms. The summed E-state index contributed by atoms with van der Waals surface area (Å²) in [5.41, 5.74) is 0.179. The number of benzene rings is 1. The normalized spacial score (nSPS) is 11.0. The minimum absolute atomic E-state index is 0.120. The van der Waals surface area contributed by atoms with Gasteiger partial charge in [-0.3, -0.25) is 5.32 Å². The number of hydrogen-bond acceptors (Lipinski definition) is 6. The Bertz CT molecular complexity index is 703. The van der Waals surface area contributed by atoms with Gasteiger partial charge in [0.25, 0.3) is 0 Å². The number of hydrogen-bond donors (Lipinski definition) is 1. The molecule has 23 heavy (non-hydrogen) atoms. The van der Waals surface area contributed by atoms with Gasteiger partial charge in [0, 0.05) is 15.8 Å². The summed E-state index contributed by atoms with van der Waals surface area (Å²) in [7, 11) is 0. The van der Waals surface area contributed by atoms with Crippen molar-refractivity contribution >= 4 is 17.7 Å². The fourth-order valence-electron chi connectivity index (χ4n) is 1.66. The van der Waals surface area contributed by atoms with Gasteiger partial charge < -0.3 is 9.15 Å². The maximum absolute atomic E-state index is 11.8. The fourth-order valence-corrected chi connectivity index (χ4v) is 1.66. The summed E-state index contributed by atoms with van der Waals surface area (Å²) in [6.45, 7) is 5.29. The van der Waals surface area contributed by atoms with Crippen LogP contribution >= 0.6 is 0 Å². The number of carbonyl (C=O) groups is 2. The van der Waals surface area contributed by atoms with Crippen LogP contribution < -0.4 is 5.32 Å². The summed E-state index contributed by atoms with van der Waals surface area (Å²) < 4.78 is 22.0. The third kappa shape index (κ3) is 4.53. The van der Waals surface area contributed by atoms with Crippen molar-refractivity contribution in [1.82, 2.24) is 4.98 Å². The molecule has 1 aromatic heterocycles. The number of amides is 1. The van der Waals surface area contributed by atoms with Crippen molar-refractivity contribution < 1.29 is 28.2 Å². The largest absolute Gasteiger partial charge is 0.444 e. The average molecular weight is 322 g/mol. The van der Waals surface area contributed by atoms with Crippen molar-refractivity contribution in [3.05, 3.63) is 36.2 Å². The van der Waals surface area contributed by atoms with Crippen LogP contribution in [0.4, 0.5) is 15.0 Å². The number of rotatable bonds is 3. The van der Waals surface area contributed by atoms with Crippen LogP contribution in [0.1, 0.15) is 31.3 Å². The highest BCUT2D eigenvalue weighted by Crippen LogP contribution is 2.21. The fraction of sp³-hybridized carbons (Fsp3) is 0.267. The number of oxazole rings is 1. The lowest BCUT2D eigenvalue weighted by molar-refractivity contribution is -0.0793. The third-order valence-corrected chi connectivity index (χ3v) is 2.56. The second kappa shape index (κ2) is 6.47. The summed E-state index contributed by atoms with van der Waals surface area (Å²) in [5.74, 6) is -1.11. The van der Waals surface area contributed by atoms with Crippen molar-refractivity contribution in [3.8, 4) is 11.5 Å². The molecule has 0 radical (unpaired) electrons. The first-order valence-electron chi connectivity index (χ1n) is 6.67. The summed E-state index contributed by atoms with van der Waals surface area (Å²) in [6.07, 6.45) is 0.416. The number of aromatic nitrogens is 1. The summed E-state index contributed by atoms with van der Waals surface area (Å²) >= 11 is 0. The van der Waals surface area contributed by atoms with Gasteiger partial charge >= 0.3 is 12.1 Å². The molecular weight excluding hydrogens is 307 g/mol. The molecule has 1 amide bonds. The molecule has 0 saturated carbocycles. The number of nitrogens with zero attached hydrogens (tertiary/aromatic N) is 1. The highest BCUT2D eigenvalue weighted by molar-refractivity contribution is 5.87. The van der Waals surface area contributed by atoms with E-state index in [-0.39, 0.29) is 11.6 Å². The highest BCUT2D eigenvalue weighted by Gasteiger charge is 2.17. The molecule has 8 heteroatoms. The maximum Gasteiger partial charge on any atom is 0.412 e. The summed E-state index contributed by atoms with van der Waals surface area (Å²) in [5, 5.41) is 2.57. The van der Waals surface area contributed by atoms with Crippen molar-refractivity contribution in [1.29, 1.82) is 0 Å². The minimum atomic E-state index is -1.23. The van der Waals surface area contributed by atoms with Crippen molar-refractivity contribution in [2.45, 2.75) is 26.4 Å². The Morgan fingerprint density at radius 3 is 2.43 bits per heavy atom. The molecule has 0 aliphatic heterocycles. The van der Waals surface area contributed by atoms with E-state index in [9.17, 15) is 14.1 Å². The Balaban J connectivity index is 2.06. The molecule has 0 aliphatic carbocycles. The monoisotopic (exact) mass is 322 g/mol. The van der Waals surface area contributed by atoms with Crippen LogP contribution in [0.2, 0.25) is 0 Å². The van der Waals surface area contributed by atoms with Crippen LogP contribution in [-0.2, 0) is 9.68 Å². The molecule has 1 heterocycles. The van der Waals surface area contributed by atoms with E-state index in [0.717, 1.165) is 6.26 Å². The molecule has 0 fully saturated rings. The summed E-state index contributed by atoms with van der Waals surface area (Å²) in [4.78, 5) is 29.5. The van der Waals surface area contributed by atoms with Gasteiger partial charge in [0.2, 0.25) is 5.89 Å². The topological polar surface area (TPSA) is 90.7 Å². The number of halogens is 1. The molecular formula is C15H15FN2O5. The molecule has 0 saturated heterocycles. The van der Waals surface area contributed by atoms with Crippen LogP contribution in [0.25, 0.3) is 11.5 Å². The Hall–Kier alpha value is -2.90. The van der Waals surface area contributed by atoms with E-state index in [4.69, 9.17) is 9.15 Å². The van der Waals surface area contributed by atoms with Gasteiger partial charge in [-0.2, -0.15) is 0 Å². The lowest BCUT2D eigenvalue weighted by Gasteiger charge is -2.19. The van der Waals surface area contributed by atoms with Crippen LogP contribution in [0.15, 0.2) is 34.9 Å². The Morgan fingerprint density at radius 2 is 1.87 bits per heavy atom. The molecule has 0 bridgehead atoms. The maximum atomic E-state index is 11.8. The van der Waals surface area contributed by atoms with E-state index in [1.807, 2.05) is 0 Å². The Morgan fingerprint density at radius 1 is 1.22 bits per heavy atom. The van der Waals surface area contributed by atoms with Gasteiger partial charge in [-0.25, -0.2) is 19.5 Å². The number of ether oxygens (including phenoxy) is 1. The number of nitrogens with one attached hydrogen (secondary N) is 1. The molecule has 2 rings (SSSR count). The van der Waals surface area contributed by atoms with Gasteiger partial charge in [0.1, 0.15) is 11.9 Å². The van der Waals surface area contributed by atoms with E-state index in [2.05, 4.69) is 15.2 Å². The lowest BCUT2D eigenvalue weighted by Crippen LogP contribution is -2.27. The highest BCUT2D eigenvalue weighted by atomic mass is 19.3.